The summed E-state index contributed by atoms with van der Waals surface area (Å²) in [4.78, 5) is 30.3. The number of carbonyl (C=O) groups is 2. The largest absolute Gasteiger partial charge is 0.463 e. The molecule has 0 aromatic heterocycles. The summed E-state index contributed by atoms with van der Waals surface area (Å²) >= 11 is 12.0. The molecule has 2 heterocycles. The maximum Gasteiger partial charge on any atom is 0.338 e. The minimum absolute atomic E-state index is 0.185. The van der Waals surface area contributed by atoms with Crippen molar-refractivity contribution in [3.8, 4) is 0 Å². The summed E-state index contributed by atoms with van der Waals surface area (Å²) in [6.07, 6.45) is 0.591. The molecule has 210 valence electrons. The molecule has 0 spiro atoms. The third kappa shape index (κ3) is 6.58. The minimum Gasteiger partial charge on any atom is -0.463 e. The standard InChI is InChI=1S/C27H32Cl2N4O5S/c1-3-33-23(24(26(34)38-4-2)25(30-27(33)35)19-6-8-20(28)9-7-19)18-31-14-5-15-32(17-16-31)39(36,37)22-12-10-21(29)11-13-22/h6-13,25H,3-5,14-18H2,1-2H3,(H,30,35). The number of amides is 2. The number of carbonyl (C=O) groups excluding carboxylic acids is 2. The van der Waals surface area contributed by atoms with Crippen LogP contribution < -0.4 is 5.32 Å². The smallest absolute Gasteiger partial charge is 0.338 e. The van der Waals surface area contributed by atoms with Crippen molar-refractivity contribution in [2.24, 2.45) is 0 Å². The number of esters is 1. The number of sulfonamides is 1. The van der Waals surface area contributed by atoms with Gasteiger partial charge in [-0.1, -0.05) is 35.3 Å². The van der Waals surface area contributed by atoms with Gasteiger partial charge in [0.1, 0.15) is 0 Å². The Morgan fingerprint density at radius 2 is 1.62 bits per heavy atom. The van der Waals surface area contributed by atoms with Gasteiger partial charge in [0.2, 0.25) is 10.0 Å². The summed E-state index contributed by atoms with van der Waals surface area (Å²) in [6.45, 7) is 6.05. The molecule has 9 nitrogen and oxygen atoms in total. The van der Waals surface area contributed by atoms with E-state index in [1.807, 2.05) is 6.92 Å². The lowest BCUT2D eigenvalue weighted by Gasteiger charge is -2.38. The van der Waals surface area contributed by atoms with Crippen molar-refractivity contribution in [3.05, 3.63) is 75.4 Å². The van der Waals surface area contributed by atoms with Gasteiger partial charge >= 0.3 is 12.0 Å². The molecule has 2 aromatic rings. The first kappa shape index (κ1) is 29.4. The molecule has 2 aliphatic rings. The van der Waals surface area contributed by atoms with E-state index >= 15 is 0 Å². The lowest BCUT2D eigenvalue weighted by atomic mass is 9.94. The van der Waals surface area contributed by atoms with Crippen LogP contribution in [-0.4, -0.2) is 80.4 Å². The Labute approximate surface area is 239 Å². The number of hydrogen-bond acceptors (Lipinski definition) is 6. The summed E-state index contributed by atoms with van der Waals surface area (Å²) in [5.41, 5.74) is 1.62. The number of benzene rings is 2. The molecule has 0 saturated carbocycles. The maximum atomic E-state index is 13.3. The number of nitrogens with one attached hydrogen (secondary N) is 1. The lowest BCUT2D eigenvalue weighted by molar-refractivity contribution is -0.139. The van der Waals surface area contributed by atoms with Gasteiger partial charge < -0.3 is 10.1 Å². The predicted octanol–water partition coefficient (Wildman–Crippen LogP) is 4.29. The Morgan fingerprint density at radius 1 is 0.974 bits per heavy atom. The fourth-order valence-corrected chi connectivity index (χ4v) is 6.60. The van der Waals surface area contributed by atoms with Crippen LogP contribution >= 0.6 is 23.2 Å². The third-order valence-electron chi connectivity index (χ3n) is 6.83. The first-order valence-electron chi connectivity index (χ1n) is 12.9. The predicted molar refractivity (Wildman–Crippen MR) is 150 cm³/mol. The average molecular weight is 596 g/mol. The SMILES string of the molecule is CCOC(=O)C1=C(CN2CCCN(S(=O)(=O)c3ccc(Cl)cc3)CC2)N(CC)C(=O)NC1c1ccc(Cl)cc1. The molecule has 39 heavy (non-hydrogen) atoms. The number of hydrogen-bond donors (Lipinski definition) is 1. The van der Waals surface area contributed by atoms with E-state index < -0.39 is 22.0 Å². The Balaban J connectivity index is 1.63. The molecule has 2 aromatic carbocycles. The fraction of sp³-hybridized carbons (Fsp3) is 0.407. The maximum absolute atomic E-state index is 13.3. The minimum atomic E-state index is -3.69. The molecular weight excluding hydrogens is 563 g/mol. The van der Waals surface area contributed by atoms with Crippen LogP contribution in [0.2, 0.25) is 10.0 Å². The zero-order chi connectivity index (χ0) is 28.2. The van der Waals surface area contributed by atoms with Gasteiger partial charge in [0, 0.05) is 48.5 Å². The highest BCUT2D eigenvalue weighted by Gasteiger charge is 2.38. The van der Waals surface area contributed by atoms with Gasteiger partial charge in [0.25, 0.3) is 0 Å². The number of rotatable bonds is 8. The van der Waals surface area contributed by atoms with Crippen LogP contribution in [0.4, 0.5) is 4.79 Å². The topological polar surface area (TPSA) is 99.3 Å². The first-order valence-corrected chi connectivity index (χ1v) is 15.1. The van der Waals surface area contributed by atoms with Crippen molar-refractivity contribution in [1.82, 2.24) is 19.4 Å². The number of likely N-dealkylation sites (N-methyl/N-ethyl adjacent to an activating group) is 1. The number of halogens is 2. The second-order valence-electron chi connectivity index (χ2n) is 9.25. The monoisotopic (exact) mass is 594 g/mol. The summed E-state index contributed by atoms with van der Waals surface area (Å²) in [5, 5.41) is 3.95. The molecule has 1 N–H and O–H groups in total. The van der Waals surface area contributed by atoms with Crippen LogP contribution in [0.3, 0.4) is 0 Å². The molecule has 1 fully saturated rings. The van der Waals surface area contributed by atoms with Gasteiger partial charge in [-0.15, -0.1) is 0 Å². The molecule has 0 radical (unpaired) electrons. The zero-order valence-corrected chi connectivity index (χ0v) is 24.2. The summed E-state index contributed by atoms with van der Waals surface area (Å²) in [6, 6.07) is 12.1. The van der Waals surface area contributed by atoms with Crippen LogP contribution in [0.15, 0.2) is 64.7 Å². The molecule has 0 bridgehead atoms. The summed E-state index contributed by atoms with van der Waals surface area (Å²) in [5.74, 6) is -0.507. The third-order valence-corrected chi connectivity index (χ3v) is 9.24. The van der Waals surface area contributed by atoms with Crippen molar-refractivity contribution < 1.29 is 22.7 Å². The quantitative estimate of drug-likeness (QED) is 0.458. The highest BCUT2D eigenvalue weighted by atomic mass is 35.5. The highest BCUT2D eigenvalue weighted by molar-refractivity contribution is 7.89. The molecule has 2 aliphatic heterocycles. The average Bonchev–Trinajstić information content (AvgIpc) is 3.15. The van der Waals surface area contributed by atoms with Gasteiger partial charge in [-0.25, -0.2) is 18.0 Å². The second kappa shape index (κ2) is 12.7. The van der Waals surface area contributed by atoms with E-state index in [1.54, 1.807) is 48.2 Å². The Kier molecular flexibility index (Phi) is 9.56. The number of nitrogens with zero attached hydrogens (tertiary/aromatic N) is 3. The van der Waals surface area contributed by atoms with Gasteiger partial charge in [0.05, 0.1) is 23.1 Å². The zero-order valence-electron chi connectivity index (χ0n) is 21.9. The normalized spacial score (nSPS) is 19.5. The first-order chi connectivity index (χ1) is 18.6. The highest BCUT2D eigenvalue weighted by Crippen LogP contribution is 2.33. The van der Waals surface area contributed by atoms with E-state index in [-0.39, 0.29) is 30.6 Å². The molecule has 2 amide bonds. The number of urea groups is 1. The molecule has 1 unspecified atom stereocenters. The summed E-state index contributed by atoms with van der Waals surface area (Å²) in [7, 11) is -3.69. The van der Waals surface area contributed by atoms with Crippen molar-refractivity contribution in [2.45, 2.75) is 31.2 Å². The van der Waals surface area contributed by atoms with Crippen LogP contribution in [0, 0.1) is 0 Å². The van der Waals surface area contributed by atoms with E-state index in [2.05, 4.69) is 10.2 Å². The van der Waals surface area contributed by atoms with Crippen molar-refractivity contribution in [2.75, 3.05) is 45.9 Å². The van der Waals surface area contributed by atoms with Crippen molar-refractivity contribution >= 4 is 45.2 Å². The van der Waals surface area contributed by atoms with Crippen LogP contribution in [0.25, 0.3) is 0 Å². The molecular formula is C27H32Cl2N4O5S. The molecule has 12 heteroatoms. The fourth-order valence-electron chi connectivity index (χ4n) is 4.88. The van der Waals surface area contributed by atoms with Crippen LogP contribution in [0.1, 0.15) is 31.9 Å². The summed E-state index contributed by atoms with van der Waals surface area (Å²) < 4.78 is 33.4. The Bertz CT molecular complexity index is 1330. The lowest BCUT2D eigenvalue weighted by Crippen LogP contribution is -2.51. The van der Waals surface area contributed by atoms with Crippen molar-refractivity contribution in [3.63, 3.8) is 0 Å². The Morgan fingerprint density at radius 3 is 2.23 bits per heavy atom. The van der Waals surface area contributed by atoms with Gasteiger partial charge in [-0.05, 0) is 68.8 Å². The van der Waals surface area contributed by atoms with E-state index in [4.69, 9.17) is 27.9 Å². The molecule has 1 atom stereocenters. The van der Waals surface area contributed by atoms with Gasteiger partial charge in [-0.3, -0.25) is 9.80 Å². The Hall–Kier alpha value is -2.63. The van der Waals surface area contributed by atoms with Gasteiger partial charge in [0.15, 0.2) is 0 Å². The van der Waals surface area contributed by atoms with Crippen LogP contribution in [-0.2, 0) is 19.6 Å². The van der Waals surface area contributed by atoms with E-state index in [9.17, 15) is 18.0 Å². The number of ether oxygens (including phenoxy) is 1. The van der Waals surface area contributed by atoms with Crippen molar-refractivity contribution in [1.29, 1.82) is 0 Å². The van der Waals surface area contributed by atoms with E-state index in [0.717, 1.165) is 0 Å². The molecule has 1 saturated heterocycles. The van der Waals surface area contributed by atoms with E-state index in [0.29, 0.717) is 59.5 Å². The van der Waals surface area contributed by atoms with E-state index in [1.165, 1.54) is 16.4 Å². The van der Waals surface area contributed by atoms with Gasteiger partial charge in [-0.2, -0.15) is 4.31 Å². The molecule has 4 rings (SSSR count). The van der Waals surface area contributed by atoms with Crippen LogP contribution in [0.5, 0.6) is 0 Å². The molecule has 0 aliphatic carbocycles. The second-order valence-corrected chi connectivity index (χ2v) is 12.1.